The van der Waals surface area contributed by atoms with Crippen LogP contribution in [-0.4, -0.2) is 26.6 Å². The van der Waals surface area contributed by atoms with Gasteiger partial charge in [0.2, 0.25) is 13.8 Å². The van der Waals surface area contributed by atoms with Gasteiger partial charge in [-0.2, -0.15) is 13.7 Å². The minimum absolute atomic E-state index is 0.181. The molecule has 0 atom stereocenters. The summed E-state index contributed by atoms with van der Waals surface area (Å²) in [5.41, 5.74) is 0. The maximum absolute atomic E-state index is 11.3. The van der Waals surface area contributed by atoms with Crippen molar-refractivity contribution in [2.45, 2.75) is 32.8 Å². The van der Waals surface area contributed by atoms with E-state index in [0.717, 1.165) is 6.92 Å². The van der Waals surface area contributed by atoms with E-state index in [1.165, 1.54) is 0 Å². The summed E-state index contributed by atoms with van der Waals surface area (Å²) in [5, 5.41) is 0. The summed E-state index contributed by atoms with van der Waals surface area (Å²) in [6.07, 6.45) is -3.57. The zero-order valence-electron chi connectivity index (χ0n) is 9.88. The normalized spacial score (nSPS) is 9.00. The van der Waals surface area contributed by atoms with Crippen LogP contribution in [0, 0.1) is 0 Å². The van der Waals surface area contributed by atoms with Crippen LogP contribution >= 0.6 is 0 Å². The molecule has 0 aromatic carbocycles. The second kappa shape index (κ2) is 25.3. The van der Waals surface area contributed by atoms with Gasteiger partial charge in [-0.15, -0.1) is 4.94 Å². The quantitative estimate of drug-likeness (QED) is 0.683. The molecule has 2 nitrogen and oxygen atoms in total. The molecule has 0 amide bonds. The predicted molar refractivity (Wildman–Crippen MR) is 48.9 cm³/mol. The van der Waals surface area contributed by atoms with Crippen LogP contribution in [0.15, 0.2) is 0 Å². The van der Waals surface area contributed by atoms with Crippen LogP contribution in [0.2, 0.25) is 0 Å². The van der Waals surface area contributed by atoms with E-state index < -0.39 is 26.3 Å². The molecule has 0 unspecified atom stereocenters. The third-order valence-electron chi connectivity index (χ3n) is 0.755. The summed E-state index contributed by atoms with van der Waals surface area (Å²) < 4.78 is 83.0. The van der Waals surface area contributed by atoms with E-state index in [9.17, 15) is 35.4 Å². The Morgan fingerprint density at radius 2 is 1.22 bits per heavy atom. The van der Waals surface area contributed by atoms with Crippen molar-refractivity contribution in [1.29, 1.82) is 0 Å². The lowest BCUT2D eigenvalue weighted by Gasteiger charge is -2.03. The lowest BCUT2D eigenvalue weighted by molar-refractivity contribution is -0.354. The Balaban J connectivity index is -0.0000000775. The number of halogens is 8. The molecule has 0 radical (unpaired) electrons. The summed E-state index contributed by atoms with van der Waals surface area (Å²) in [7, 11) is 0. The molecule has 0 fully saturated rings. The van der Waals surface area contributed by atoms with Crippen LogP contribution in [0.1, 0.15) is 26.7 Å². The van der Waals surface area contributed by atoms with Gasteiger partial charge in [0, 0.05) is 6.42 Å². The molecule has 0 saturated heterocycles. The summed E-state index contributed by atoms with van der Waals surface area (Å²) in [5.74, 6) is 0. The van der Waals surface area contributed by atoms with Gasteiger partial charge < -0.3 is 0 Å². The fraction of sp³-hybridized carbons (Fsp3) is 1.00. The summed E-state index contributed by atoms with van der Waals surface area (Å²) >= 11 is 0. The highest BCUT2D eigenvalue weighted by molar-refractivity contribution is 4.40. The smallest absolute Gasteiger partial charge is 0.251 e. The first-order chi connectivity index (χ1) is 8.36. The molecular formula is C8H16F8O2. The molecule has 0 rings (SSSR count). The summed E-state index contributed by atoms with van der Waals surface area (Å²) in [4.78, 5) is 4.63. The number of rotatable bonds is 4. The molecule has 0 aliphatic carbocycles. The topological polar surface area (TPSA) is 18.5 Å². The second-order valence-corrected chi connectivity index (χ2v) is 2.08. The highest BCUT2D eigenvalue weighted by Gasteiger charge is 2.27. The van der Waals surface area contributed by atoms with Gasteiger partial charge in [-0.3, -0.25) is 4.39 Å². The van der Waals surface area contributed by atoms with E-state index in [-0.39, 0.29) is 6.67 Å². The van der Waals surface area contributed by atoms with Crippen LogP contribution in [0.3, 0.4) is 0 Å². The highest BCUT2D eigenvalue weighted by Crippen LogP contribution is 2.18. The fourth-order valence-electron chi connectivity index (χ4n) is 0.0546. The fourth-order valence-corrected chi connectivity index (χ4v) is 0.0546. The van der Waals surface area contributed by atoms with E-state index in [2.05, 4.69) is 9.88 Å². The Bertz CT molecular complexity index is 103. The zero-order valence-corrected chi connectivity index (χ0v) is 9.88. The van der Waals surface area contributed by atoms with Crippen molar-refractivity contribution in [1.82, 2.24) is 0 Å². The van der Waals surface area contributed by atoms with Crippen molar-refractivity contribution in [3.63, 3.8) is 0 Å². The van der Waals surface area contributed by atoms with Crippen LogP contribution in [0.5, 0.6) is 0 Å². The minimum Gasteiger partial charge on any atom is -0.251 e. The molecule has 0 aliphatic heterocycles. The average molecular weight is 296 g/mol. The second-order valence-electron chi connectivity index (χ2n) is 2.08. The molecule has 0 aromatic heterocycles. The predicted octanol–water partition coefficient (Wildman–Crippen LogP) is 4.95. The van der Waals surface area contributed by atoms with Crippen LogP contribution < -0.4 is 0 Å². The molecule has 18 heavy (non-hydrogen) atoms. The molecule has 0 N–H and O–H groups in total. The van der Waals surface area contributed by atoms with Crippen molar-refractivity contribution in [2.75, 3.05) is 20.5 Å². The first kappa shape index (κ1) is 26.0. The Kier molecular flexibility index (Phi) is 36.5. The number of hydrogen-bond donors (Lipinski definition) is 0. The number of hydrogen-bond acceptors (Lipinski definition) is 2. The third kappa shape index (κ3) is 58.5. The zero-order chi connectivity index (χ0) is 15.4. The van der Waals surface area contributed by atoms with Crippen molar-refractivity contribution in [2.24, 2.45) is 0 Å². The van der Waals surface area contributed by atoms with E-state index in [0.29, 0.717) is 6.42 Å². The van der Waals surface area contributed by atoms with Crippen LogP contribution in [0.25, 0.3) is 0 Å². The molecule has 0 aliphatic rings. The maximum Gasteiger partial charge on any atom is 0.386 e. The van der Waals surface area contributed by atoms with Gasteiger partial charge in [-0.25, -0.2) is 13.2 Å². The van der Waals surface area contributed by atoms with E-state index in [1.807, 2.05) is 0 Å². The van der Waals surface area contributed by atoms with Gasteiger partial charge >= 0.3 is 6.11 Å². The molecule has 0 spiro atoms. The third-order valence-corrected chi connectivity index (χ3v) is 0.755. The van der Waals surface area contributed by atoms with Crippen molar-refractivity contribution < 1.29 is 45.3 Å². The summed E-state index contributed by atoms with van der Waals surface area (Å²) in [6, 6.07) is 0. The molecule has 0 heterocycles. The van der Waals surface area contributed by atoms with E-state index in [1.54, 1.807) is 6.92 Å². The van der Waals surface area contributed by atoms with E-state index >= 15 is 0 Å². The minimum atomic E-state index is -3.58. The monoisotopic (exact) mass is 296 g/mol. The van der Waals surface area contributed by atoms with Gasteiger partial charge in [0.15, 0.2) is 0 Å². The molecule has 0 aromatic rings. The molecule has 10 heteroatoms. The molecule has 116 valence electrons. The van der Waals surface area contributed by atoms with Crippen molar-refractivity contribution >= 4 is 0 Å². The van der Waals surface area contributed by atoms with Gasteiger partial charge in [0.25, 0.3) is 0 Å². The number of alkyl halides is 6. The average Bonchev–Trinajstić information content (AvgIpc) is 2.40. The lowest BCUT2D eigenvalue weighted by Crippen LogP contribution is -2.13. The SMILES string of the molecule is CCC(F)(F)OF.CCCF.FCF.FCOF. The van der Waals surface area contributed by atoms with E-state index in [4.69, 9.17) is 0 Å². The van der Waals surface area contributed by atoms with Gasteiger partial charge in [-0.1, -0.05) is 13.8 Å². The Morgan fingerprint density at radius 3 is 1.22 bits per heavy atom. The van der Waals surface area contributed by atoms with Gasteiger partial charge in [-0.05, 0) is 15.5 Å². The highest BCUT2D eigenvalue weighted by atomic mass is 19.4. The van der Waals surface area contributed by atoms with Crippen LogP contribution in [-0.2, 0) is 9.88 Å². The maximum atomic E-state index is 11.3. The Morgan fingerprint density at radius 1 is 0.944 bits per heavy atom. The van der Waals surface area contributed by atoms with Gasteiger partial charge in [0.1, 0.15) is 0 Å². The van der Waals surface area contributed by atoms with Crippen molar-refractivity contribution in [3.8, 4) is 0 Å². The first-order valence-corrected chi connectivity index (χ1v) is 4.52. The molecular weight excluding hydrogens is 280 g/mol. The first-order valence-electron chi connectivity index (χ1n) is 4.52. The standard InChI is InChI=1S/C3H5F3O.C3H7F.CH2F2O.CH2F2/c1-2-3(4,5)7-6;1-2-3-4;2-1-4-3;2-1-3/h2H2,1H3;2-3H2,1H3;1H2;1H2. The Hall–Kier alpha value is -0.640. The summed E-state index contributed by atoms with van der Waals surface area (Å²) in [6.45, 7) is -0.348. The lowest BCUT2D eigenvalue weighted by atomic mass is 10.5. The van der Waals surface area contributed by atoms with Crippen LogP contribution in [0.4, 0.5) is 35.4 Å². The molecule has 0 bridgehead atoms. The van der Waals surface area contributed by atoms with Gasteiger partial charge in [0.05, 0.1) is 6.67 Å². The van der Waals surface area contributed by atoms with Crippen molar-refractivity contribution in [3.05, 3.63) is 0 Å². The Labute approximate surface area is 99.7 Å². The largest absolute Gasteiger partial charge is 0.386 e. The molecule has 0 saturated carbocycles.